The van der Waals surface area contributed by atoms with E-state index in [1.54, 1.807) is 0 Å². The normalized spacial score (nSPS) is 22.7. The molecule has 0 aliphatic carbocycles. The van der Waals surface area contributed by atoms with Gasteiger partial charge in [0.1, 0.15) is 11.9 Å². The predicted molar refractivity (Wildman–Crippen MR) is 118 cm³/mol. The molecule has 0 aromatic heterocycles. The number of amides is 1. The summed E-state index contributed by atoms with van der Waals surface area (Å²) in [6, 6.07) is 20.6. The highest BCUT2D eigenvalue weighted by Gasteiger charge is 2.41. The van der Waals surface area contributed by atoms with E-state index < -0.39 is 0 Å². The summed E-state index contributed by atoms with van der Waals surface area (Å²) >= 11 is 0. The fourth-order valence-electron chi connectivity index (χ4n) is 4.54. The number of aryl methyl sites for hydroxylation is 1. The van der Waals surface area contributed by atoms with E-state index in [0.717, 1.165) is 57.6 Å². The summed E-state index contributed by atoms with van der Waals surface area (Å²) < 4.78 is 11.7. The summed E-state index contributed by atoms with van der Waals surface area (Å²) in [7, 11) is 0. The van der Waals surface area contributed by atoms with Gasteiger partial charge in [0.15, 0.2) is 0 Å². The van der Waals surface area contributed by atoms with Crippen molar-refractivity contribution >= 4 is 5.91 Å². The monoisotopic (exact) mass is 408 g/mol. The molecule has 5 heteroatoms. The number of nitrogens with one attached hydrogen (secondary N) is 1. The maximum atomic E-state index is 13.1. The van der Waals surface area contributed by atoms with Gasteiger partial charge in [-0.15, -0.1) is 0 Å². The minimum absolute atomic E-state index is 0.0373. The van der Waals surface area contributed by atoms with Crippen LogP contribution in [-0.2, 0) is 16.0 Å². The Kier molecular flexibility index (Phi) is 7.38. The van der Waals surface area contributed by atoms with Crippen LogP contribution >= 0.6 is 0 Å². The number of carbonyl (C=O) groups is 1. The first-order valence-electron chi connectivity index (χ1n) is 11.2. The lowest BCUT2D eigenvalue weighted by Crippen LogP contribution is -2.49. The highest BCUT2D eigenvalue weighted by molar-refractivity contribution is 5.82. The molecular weight excluding hydrogens is 376 g/mol. The second-order valence-corrected chi connectivity index (χ2v) is 8.22. The average molecular weight is 409 g/mol. The molecule has 0 saturated carbocycles. The summed E-state index contributed by atoms with van der Waals surface area (Å²) in [4.78, 5) is 15.4. The van der Waals surface area contributed by atoms with Crippen molar-refractivity contribution in [3.05, 3.63) is 66.2 Å². The molecular formula is C25H32N2O3. The molecule has 2 aromatic carbocycles. The number of hydrogen-bond acceptors (Lipinski definition) is 4. The standard InChI is InChI=1S/C25H32N2O3/c28-25(26-15-7-10-20-8-3-1-4-9-20)24-18-23(30-22-11-5-2-6-12-22)19-27(24)21-13-16-29-17-14-21/h1-6,8-9,11-12,21,23-24H,7,10,13-19H2,(H,26,28)/t23-,24-/m0/s1. The fourth-order valence-corrected chi connectivity index (χ4v) is 4.54. The lowest BCUT2D eigenvalue weighted by Gasteiger charge is -2.34. The molecule has 2 atom stereocenters. The van der Waals surface area contributed by atoms with Crippen molar-refractivity contribution in [2.75, 3.05) is 26.3 Å². The third kappa shape index (κ3) is 5.61. The molecule has 1 amide bonds. The Morgan fingerprint density at radius 3 is 2.47 bits per heavy atom. The van der Waals surface area contributed by atoms with Crippen LogP contribution in [0.15, 0.2) is 60.7 Å². The number of likely N-dealkylation sites (tertiary alicyclic amines) is 1. The first-order chi connectivity index (χ1) is 14.8. The van der Waals surface area contributed by atoms with E-state index in [-0.39, 0.29) is 18.1 Å². The van der Waals surface area contributed by atoms with Crippen molar-refractivity contribution in [3.8, 4) is 5.75 Å². The fraction of sp³-hybridized carbons (Fsp3) is 0.480. The number of carbonyl (C=O) groups excluding carboxylic acids is 1. The molecule has 2 aromatic rings. The van der Waals surface area contributed by atoms with Crippen LogP contribution in [-0.4, -0.2) is 55.3 Å². The Labute approximate surface area is 179 Å². The average Bonchev–Trinajstić information content (AvgIpc) is 3.22. The largest absolute Gasteiger partial charge is 0.489 e. The van der Waals surface area contributed by atoms with E-state index in [0.29, 0.717) is 12.6 Å². The van der Waals surface area contributed by atoms with Crippen LogP contribution in [0, 0.1) is 0 Å². The van der Waals surface area contributed by atoms with E-state index in [9.17, 15) is 4.79 Å². The molecule has 0 bridgehead atoms. The van der Waals surface area contributed by atoms with Crippen molar-refractivity contribution in [3.63, 3.8) is 0 Å². The lowest BCUT2D eigenvalue weighted by atomic mass is 10.1. The topological polar surface area (TPSA) is 50.8 Å². The van der Waals surface area contributed by atoms with Crippen LogP contribution < -0.4 is 10.1 Å². The third-order valence-corrected chi connectivity index (χ3v) is 6.09. The van der Waals surface area contributed by atoms with Gasteiger partial charge in [0, 0.05) is 38.8 Å². The summed E-state index contributed by atoms with van der Waals surface area (Å²) in [6.07, 6.45) is 4.66. The molecule has 2 aliphatic heterocycles. The first kappa shape index (κ1) is 20.9. The van der Waals surface area contributed by atoms with Crippen molar-refractivity contribution in [2.24, 2.45) is 0 Å². The van der Waals surface area contributed by atoms with Crippen LogP contribution in [0.2, 0.25) is 0 Å². The van der Waals surface area contributed by atoms with E-state index in [2.05, 4.69) is 34.5 Å². The zero-order valence-corrected chi connectivity index (χ0v) is 17.5. The van der Waals surface area contributed by atoms with Gasteiger partial charge in [-0.1, -0.05) is 48.5 Å². The molecule has 0 spiro atoms. The molecule has 2 saturated heterocycles. The van der Waals surface area contributed by atoms with Gasteiger partial charge in [-0.3, -0.25) is 9.69 Å². The number of nitrogens with zero attached hydrogens (tertiary/aromatic N) is 1. The Bertz CT molecular complexity index is 777. The van der Waals surface area contributed by atoms with Gasteiger partial charge in [0.2, 0.25) is 5.91 Å². The smallest absolute Gasteiger partial charge is 0.237 e. The maximum absolute atomic E-state index is 13.1. The molecule has 4 rings (SSSR count). The van der Waals surface area contributed by atoms with Gasteiger partial charge in [0.05, 0.1) is 6.04 Å². The van der Waals surface area contributed by atoms with Gasteiger partial charge in [0.25, 0.3) is 0 Å². The van der Waals surface area contributed by atoms with Crippen LogP contribution in [0.5, 0.6) is 5.75 Å². The molecule has 2 heterocycles. The SMILES string of the molecule is O=C(NCCCc1ccccc1)[C@@H]1C[C@H](Oc2ccccc2)CN1C1CCOCC1. The number of ether oxygens (including phenoxy) is 2. The summed E-state index contributed by atoms with van der Waals surface area (Å²) in [5.41, 5.74) is 1.31. The molecule has 0 radical (unpaired) electrons. The minimum atomic E-state index is -0.126. The molecule has 160 valence electrons. The van der Waals surface area contributed by atoms with E-state index >= 15 is 0 Å². The van der Waals surface area contributed by atoms with Crippen molar-refractivity contribution < 1.29 is 14.3 Å². The molecule has 30 heavy (non-hydrogen) atoms. The number of hydrogen-bond donors (Lipinski definition) is 1. The Morgan fingerprint density at radius 2 is 1.73 bits per heavy atom. The summed E-state index contributed by atoms with van der Waals surface area (Å²) in [6.45, 7) is 3.05. The van der Waals surface area contributed by atoms with Crippen LogP contribution in [0.4, 0.5) is 0 Å². The molecule has 1 N–H and O–H groups in total. The van der Waals surface area contributed by atoms with Crippen LogP contribution in [0.25, 0.3) is 0 Å². The lowest BCUT2D eigenvalue weighted by molar-refractivity contribution is -0.126. The van der Waals surface area contributed by atoms with Crippen molar-refractivity contribution in [2.45, 2.75) is 50.3 Å². The number of rotatable bonds is 8. The number of para-hydroxylation sites is 1. The Morgan fingerprint density at radius 1 is 1.03 bits per heavy atom. The number of benzene rings is 2. The second kappa shape index (κ2) is 10.6. The van der Waals surface area contributed by atoms with Crippen LogP contribution in [0.3, 0.4) is 0 Å². The Balaban J connectivity index is 1.33. The molecule has 5 nitrogen and oxygen atoms in total. The summed E-state index contributed by atoms with van der Waals surface area (Å²) in [5.74, 6) is 1.01. The van der Waals surface area contributed by atoms with Gasteiger partial charge >= 0.3 is 0 Å². The van der Waals surface area contributed by atoms with Gasteiger partial charge in [-0.25, -0.2) is 0 Å². The summed E-state index contributed by atoms with van der Waals surface area (Å²) in [5, 5.41) is 3.18. The highest BCUT2D eigenvalue weighted by atomic mass is 16.5. The van der Waals surface area contributed by atoms with E-state index in [4.69, 9.17) is 9.47 Å². The Hall–Kier alpha value is -2.37. The predicted octanol–water partition coefficient (Wildman–Crippen LogP) is 3.44. The minimum Gasteiger partial charge on any atom is -0.489 e. The van der Waals surface area contributed by atoms with Crippen LogP contribution in [0.1, 0.15) is 31.2 Å². The van der Waals surface area contributed by atoms with E-state index in [1.807, 2.05) is 36.4 Å². The first-order valence-corrected chi connectivity index (χ1v) is 11.2. The third-order valence-electron chi connectivity index (χ3n) is 6.09. The zero-order chi connectivity index (χ0) is 20.6. The molecule has 0 unspecified atom stereocenters. The zero-order valence-electron chi connectivity index (χ0n) is 17.5. The van der Waals surface area contributed by atoms with Gasteiger partial charge < -0.3 is 14.8 Å². The highest BCUT2D eigenvalue weighted by Crippen LogP contribution is 2.28. The van der Waals surface area contributed by atoms with Crippen molar-refractivity contribution in [1.82, 2.24) is 10.2 Å². The van der Waals surface area contributed by atoms with Gasteiger partial charge in [-0.05, 0) is 43.4 Å². The molecule has 2 fully saturated rings. The van der Waals surface area contributed by atoms with Crippen molar-refractivity contribution in [1.29, 1.82) is 0 Å². The van der Waals surface area contributed by atoms with E-state index in [1.165, 1.54) is 5.56 Å². The second-order valence-electron chi connectivity index (χ2n) is 8.22. The van der Waals surface area contributed by atoms with Gasteiger partial charge in [-0.2, -0.15) is 0 Å². The molecule has 2 aliphatic rings. The quantitative estimate of drug-likeness (QED) is 0.680. The maximum Gasteiger partial charge on any atom is 0.237 e.